The van der Waals surface area contributed by atoms with Gasteiger partial charge in [0.25, 0.3) is 0 Å². The van der Waals surface area contributed by atoms with Crippen LogP contribution in [-0.4, -0.2) is 33.1 Å². The van der Waals surface area contributed by atoms with E-state index in [0.29, 0.717) is 46.5 Å². The number of fused-ring (bicyclic) bond motifs is 3. The molecule has 1 atom stereocenters. The maximum atomic E-state index is 14.8. The summed E-state index contributed by atoms with van der Waals surface area (Å²) in [5.74, 6) is 0.832. The monoisotopic (exact) mass is 454 g/mol. The summed E-state index contributed by atoms with van der Waals surface area (Å²) in [6.07, 6.45) is 0.517. The topological polar surface area (TPSA) is 69.4 Å². The quantitative estimate of drug-likeness (QED) is 0.477. The normalized spacial score (nSPS) is 15.1. The van der Waals surface area contributed by atoms with Crippen molar-refractivity contribution >= 4 is 23.3 Å². The van der Waals surface area contributed by atoms with E-state index in [1.165, 1.54) is 6.07 Å². The van der Waals surface area contributed by atoms with E-state index >= 15 is 0 Å². The largest absolute Gasteiger partial charge is 0.465 e. The highest BCUT2D eigenvalue weighted by Gasteiger charge is 2.29. The minimum absolute atomic E-state index is 0.161. The molecule has 166 valence electrons. The van der Waals surface area contributed by atoms with E-state index in [4.69, 9.17) is 21.3 Å². The Labute approximate surface area is 191 Å². The fourth-order valence-corrected chi connectivity index (χ4v) is 3.89. The zero-order valence-corrected chi connectivity index (χ0v) is 18.9. The van der Waals surface area contributed by atoms with Gasteiger partial charge in [-0.25, -0.2) is 4.39 Å². The van der Waals surface area contributed by atoms with Gasteiger partial charge in [-0.3, -0.25) is 14.4 Å². The Kier molecular flexibility index (Phi) is 6.37. The number of rotatable bonds is 6. The van der Waals surface area contributed by atoms with Crippen LogP contribution in [0.1, 0.15) is 55.5 Å². The minimum Gasteiger partial charge on any atom is -0.465 e. The number of carbonyl (C=O) groups excluding carboxylic acids is 1. The lowest BCUT2D eigenvalue weighted by atomic mass is 9.99. The maximum Gasteiger partial charge on any atom is 0.305 e. The summed E-state index contributed by atoms with van der Waals surface area (Å²) in [7, 11) is 0. The molecule has 0 amide bonds. The number of halogens is 2. The molecule has 3 aromatic rings. The Morgan fingerprint density at radius 1 is 1.19 bits per heavy atom. The minimum atomic E-state index is -0.511. The molecule has 0 saturated carbocycles. The molecule has 4 rings (SSSR count). The Morgan fingerprint density at radius 2 is 1.97 bits per heavy atom. The number of aromatic nitrogens is 3. The third kappa shape index (κ3) is 4.43. The highest BCUT2D eigenvalue weighted by Crippen LogP contribution is 2.34. The number of benzene rings is 2. The van der Waals surface area contributed by atoms with Gasteiger partial charge in [-0.15, -0.1) is 10.2 Å². The Hall–Kier alpha value is -3.06. The van der Waals surface area contributed by atoms with Gasteiger partial charge >= 0.3 is 5.97 Å². The van der Waals surface area contributed by atoms with Crippen LogP contribution < -0.4 is 0 Å². The van der Waals surface area contributed by atoms with Gasteiger partial charge in [0.1, 0.15) is 17.7 Å². The molecule has 0 fully saturated rings. The first-order valence-corrected chi connectivity index (χ1v) is 10.9. The van der Waals surface area contributed by atoms with E-state index in [2.05, 4.69) is 10.2 Å². The number of nitrogens with zero attached hydrogens (tertiary/aromatic N) is 4. The molecule has 32 heavy (non-hydrogen) atoms. The van der Waals surface area contributed by atoms with E-state index in [0.717, 1.165) is 5.69 Å². The number of aryl methyl sites for hydroxylation is 1. The van der Waals surface area contributed by atoms with Gasteiger partial charge < -0.3 is 4.74 Å². The molecule has 1 aliphatic rings. The highest BCUT2D eigenvalue weighted by molar-refractivity contribution is 6.31. The summed E-state index contributed by atoms with van der Waals surface area (Å²) in [5.41, 5.74) is 2.27. The van der Waals surface area contributed by atoms with Gasteiger partial charge in [-0.05, 0) is 49.6 Å². The lowest BCUT2D eigenvalue weighted by Gasteiger charge is -2.13. The number of hydrogen-bond donors (Lipinski definition) is 0. The SMILES string of the molecule is Cc1nnc2n1-c1ccc(Cl)cc1C(c1ccccc1F)=N[C@H]2CCC(=O)OCC(C)C. The molecule has 2 aromatic carbocycles. The first kappa shape index (κ1) is 22.1. The van der Waals surface area contributed by atoms with E-state index in [1.807, 2.05) is 31.4 Å². The molecule has 0 unspecified atom stereocenters. The van der Waals surface area contributed by atoms with Crippen molar-refractivity contribution in [3.8, 4) is 5.69 Å². The number of hydrogen-bond acceptors (Lipinski definition) is 5. The van der Waals surface area contributed by atoms with E-state index < -0.39 is 6.04 Å². The van der Waals surface area contributed by atoms with Crippen LogP contribution in [0.25, 0.3) is 5.69 Å². The average molecular weight is 455 g/mol. The van der Waals surface area contributed by atoms with Crippen LogP contribution in [0.15, 0.2) is 47.5 Å². The summed E-state index contributed by atoms with van der Waals surface area (Å²) in [6.45, 7) is 6.18. The number of carbonyl (C=O) groups is 1. The van der Waals surface area contributed by atoms with Crippen LogP contribution in [0.3, 0.4) is 0 Å². The molecule has 8 heteroatoms. The van der Waals surface area contributed by atoms with E-state index in [-0.39, 0.29) is 24.1 Å². The summed E-state index contributed by atoms with van der Waals surface area (Å²) in [5, 5.41) is 9.09. The first-order valence-electron chi connectivity index (χ1n) is 10.6. The number of aliphatic imine (C=N–C) groups is 1. The van der Waals surface area contributed by atoms with Crippen molar-refractivity contribution in [1.82, 2.24) is 14.8 Å². The molecule has 0 bridgehead atoms. The Morgan fingerprint density at radius 3 is 2.72 bits per heavy atom. The van der Waals surface area contributed by atoms with Crippen LogP contribution in [0.5, 0.6) is 0 Å². The second kappa shape index (κ2) is 9.20. The zero-order valence-electron chi connectivity index (χ0n) is 18.2. The third-order valence-electron chi connectivity index (χ3n) is 5.22. The second-order valence-electron chi connectivity index (χ2n) is 8.19. The van der Waals surface area contributed by atoms with Crippen molar-refractivity contribution in [2.45, 2.75) is 39.7 Å². The Balaban J connectivity index is 1.81. The lowest BCUT2D eigenvalue weighted by Crippen LogP contribution is -2.12. The number of esters is 1. The van der Waals surface area contributed by atoms with E-state index in [9.17, 15) is 9.18 Å². The van der Waals surface area contributed by atoms with Crippen molar-refractivity contribution in [1.29, 1.82) is 0 Å². The summed E-state index contributed by atoms with van der Waals surface area (Å²) in [6, 6.07) is 11.4. The fraction of sp³-hybridized carbons (Fsp3) is 0.333. The summed E-state index contributed by atoms with van der Waals surface area (Å²) in [4.78, 5) is 17.2. The lowest BCUT2D eigenvalue weighted by molar-refractivity contribution is -0.144. The predicted molar refractivity (Wildman–Crippen MR) is 121 cm³/mol. The van der Waals surface area contributed by atoms with Crippen LogP contribution in [0.2, 0.25) is 5.02 Å². The molecule has 0 N–H and O–H groups in total. The van der Waals surface area contributed by atoms with Crippen LogP contribution in [0.4, 0.5) is 4.39 Å². The van der Waals surface area contributed by atoms with Crippen molar-refractivity contribution in [2.75, 3.05) is 6.61 Å². The van der Waals surface area contributed by atoms with Crippen molar-refractivity contribution in [3.05, 3.63) is 76.1 Å². The van der Waals surface area contributed by atoms with Crippen molar-refractivity contribution in [3.63, 3.8) is 0 Å². The Bertz CT molecular complexity index is 1190. The van der Waals surface area contributed by atoms with Gasteiger partial charge in [0.2, 0.25) is 0 Å². The molecule has 0 spiro atoms. The van der Waals surface area contributed by atoms with Crippen LogP contribution in [0, 0.1) is 18.7 Å². The molecule has 2 heterocycles. The molecule has 0 radical (unpaired) electrons. The first-order chi connectivity index (χ1) is 15.3. The van der Waals surface area contributed by atoms with Gasteiger partial charge in [-0.2, -0.15) is 0 Å². The van der Waals surface area contributed by atoms with Gasteiger partial charge in [0, 0.05) is 22.6 Å². The van der Waals surface area contributed by atoms with Gasteiger partial charge in [0.15, 0.2) is 5.82 Å². The average Bonchev–Trinajstić information content (AvgIpc) is 3.08. The molecular weight excluding hydrogens is 431 g/mol. The second-order valence-corrected chi connectivity index (χ2v) is 8.63. The third-order valence-corrected chi connectivity index (χ3v) is 5.45. The maximum absolute atomic E-state index is 14.8. The molecule has 6 nitrogen and oxygen atoms in total. The smallest absolute Gasteiger partial charge is 0.305 e. The predicted octanol–water partition coefficient (Wildman–Crippen LogP) is 5.24. The van der Waals surface area contributed by atoms with Crippen molar-refractivity contribution < 1.29 is 13.9 Å². The molecule has 1 aliphatic heterocycles. The molecule has 1 aromatic heterocycles. The van der Waals surface area contributed by atoms with Crippen molar-refractivity contribution in [2.24, 2.45) is 10.9 Å². The summed E-state index contributed by atoms with van der Waals surface area (Å²) >= 11 is 6.31. The van der Waals surface area contributed by atoms with Gasteiger partial charge in [-0.1, -0.05) is 37.6 Å². The molecule has 0 aliphatic carbocycles. The molecule has 0 saturated heterocycles. The van der Waals surface area contributed by atoms with Crippen LogP contribution in [-0.2, 0) is 9.53 Å². The van der Waals surface area contributed by atoms with Crippen LogP contribution >= 0.6 is 11.6 Å². The fourth-order valence-electron chi connectivity index (χ4n) is 3.72. The standard InChI is InChI=1S/C24H24ClFN4O2/c1-14(2)13-32-22(31)11-9-20-24-29-28-15(3)30(24)21-10-8-16(25)12-18(21)23(27-20)17-6-4-5-7-19(17)26/h4-8,10,12,14,20H,9,11,13H2,1-3H3/t20-/m0/s1. The highest BCUT2D eigenvalue weighted by atomic mass is 35.5. The summed E-state index contributed by atoms with van der Waals surface area (Å²) < 4.78 is 22.0. The van der Waals surface area contributed by atoms with Gasteiger partial charge in [0.05, 0.1) is 18.0 Å². The zero-order chi connectivity index (χ0) is 22.8. The molecular formula is C24H24ClFN4O2. The van der Waals surface area contributed by atoms with E-state index in [1.54, 1.807) is 30.3 Å². The number of ether oxygens (including phenoxy) is 1.